The molecule has 2 aliphatic rings. The van der Waals surface area contributed by atoms with Crippen molar-refractivity contribution < 1.29 is 23.5 Å². The van der Waals surface area contributed by atoms with Crippen molar-refractivity contribution in [3.63, 3.8) is 0 Å². The highest BCUT2D eigenvalue weighted by Gasteiger charge is 2.60. The zero-order valence-corrected chi connectivity index (χ0v) is 34.9. The van der Waals surface area contributed by atoms with Gasteiger partial charge in [-0.3, -0.25) is 9.59 Å². The summed E-state index contributed by atoms with van der Waals surface area (Å²) in [4.78, 5) is 47.0. The van der Waals surface area contributed by atoms with Gasteiger partial charge in [-0.05, 0) is 77.4 Å². The Morgan fingerprint density at radius 1 is 0.855 bits per heavy atom. The maximum absolute atomic E-state index is 15.3. The number of rotatable bonds is 12. The Morgan fingerprint density at radius 2 is 1.35 bits per heavy atom. The van der Waals surface area contributed by atoms with E-state index < -0.39 is 45.2 Å². The molecule has 6 nitrogen and oxygen atoms in total. The minimum Gasteiger partial charge on any atom is -0.457 e. The van der Waals surface area contributed by atoms with Gasteiger partial charge in [-0.15, -0.1) is 0 Å². The lowest BCUT2D eigenvalue weighted by molar-refractivity contribution is -0.162. The van der Waals surface area contributed by atoms with Crippen LogP contribution in [0.1, 0.15) is 52.5 Å². The maximum atomic E-state index is 15.3. The van der Waals surface area contributed by atoms with Gasteiger partial charge in [0.1, 0.15) is 12.0 Å². The third-order valence-corrected chi connectivity index (χ3v) is 20.5. The van der Waals surface area contributed by atoms with Crippen LogP contribution < -0.4 is 15.9 Å². The summed E-state index contributed by atoms with van der Waals surface area (Å²) in [5.74, 6) is -2.00. The third-order valence-electron chi connectivity index (χ3n) is 11.6. The fourth-order valence-electron chi connectivity index (χ4n) is 7.99. The molecule has 0 aromatic heterocycles. The van der Waals surface area contributed by atoms with Crippen LogP contribution in [-0.2, 0) is 23.5 Å². The van der Waals surface area contributed by atoms with Crippen molar-refractivity contribution in [3.8, 4) is 0 Å². The number of ketones is 1. The molecule has 6 rings (SSSR count). The molecule has 55 heavy (non-hydrogen) atoms. The van der Waals surface area contributed by atoms with Gasteiger partial charge in [-0.1, -0.05) is 155 Å². The number of nitrogens with zero attached hydrogens (tertiary/aromatic N) is 1. The number of Topliss-reactive ketones (excluding diaryl/α,β-unsaturated/α-hetero) is 1. The first-order valence-electron chi connectivity index (χ1n) is 19.3. The van der Waals surface area contributed by atoms with E-state index in [2.05, 4.69) is 40.4 Å². The van der Waals surface area contributed by atoms with Crippen molar-refractivity contribution in [1.29, 1.82) is 0 Å². The van der Waals surface area contributed by atoms with Crippen molar-refractivity contribution >= 4 is 60.3 Å². The summed E-state index contributed by atoms with van der Waals surface area (Å²) in [7, 11) is -2.36. The van der Waals surface area contributed by atoms with Gasteiger partial charge >= 0.3 is 5.97 Å². The van der Waals surface area contributed by atoms with E-state index in [9.17, 15) is 4.79 Å². The van der Waals surface area contributed by atoms with Gasteiger partial charge in [0.15, 0.2) is 14.1 Å². The van der Waals surface area contributed by atoms with Crippen LogP contribution in [0.25, 0.3) is 6.08 Å². The van der Waals surface area contributed by atoms with Gasteiger partial charge in [0, 0.05) is 12.8 Å². The molecule has 0 N–H and O–H groups in total. The van der Waals surface area contributed by atoms with Gasteiger partial charge in [0.25, 0.3) is 0 Å². The summed E-state index contributed by atoms with van der Waals surface area (Å²) in [6.07, 6.45) is 5.06. The van der Waals surface area contributed by atoms with Crippen LogP contribution in [0, 0.1) is 11.8 Å². The smallest absolute Gasteiger partial charge is 0.356 e. The second-order valence-corrected chi connectivity index (χ2v) is 24.2. The van der Waals surface area contributed by atoms with Crippen LogP contribution in [0.5, 0.6) is 0 Å². The molecular formula is C47H54NO5PSi. The summed E-state index contributed by atoms with van der Waals surface area (Å²) >= 11 is 0. The molecule has 0 bridgehead atoms. The Morgan fingerprint density at radius 3 is 1.82 bits per heavy atom. The molecule has 1 saturated carbocycles. The first kappa shape index (κ1) is 40.1. The molecular weight excluding hydrogens is 718 g/mol. The zero-order chi connectivity index (χ0) is 39.4. The van der Waals surface area contributed by atoms with Crippen LogP contribution in [0.15, 0.2) is 140 Å². The minimum atomic E-state index is -3.17. The first-order chi connectivity index (χ1) is 26.3. The molecule has 286 valence electrons. The third kappa shape index (κ3) is 7.80. The largest absolute Gasteiger partial charge is 0.457 e. The quantitative estimate of drug-likeness (QED) is 0.0361. The molecule has 4 aromatic rings. The molecule has 1 saturated heterocycles. The van der Waals surface area contributed by atoms with Gasteiger partial charge in [-0.25, -0.2) is 4.79 Å². The van der Waals surface area contributed by atoms with Gasteiger partial charge < -0.3 is 14.1 Å². The minimum absolute atomic E-state index is 0.0176. The molecule has 0 unspecified atom stereocenters. The van der Waals surface area contributed by atoms with Gasteiger partial charge in [0.2, 0.25) is 5.91 Å². The first-order valence-corrected chi connectivity index (χ1v) is 24.0. The summed E-state index contributed by atoms with van der Waals surface area (Å²) in [6, 6.07) is 39.2. The van der Waals surface area contributed by atoms with E-state index >= 15 is 9.59 Å². The zero-order valence-electron chi connectivity index (χ0n) is 33.0. The van der Waals surface area contributed by atoms with Crippen molar-refractivity contribution in [3.05, 3.63) is 145 Å². The highest BCUT2D eigenvalue weighted by atomic mass is 31.2. The van der Waals surface area contributed by atoms with E-state index in [4.69, 9.17) is 9.16 Å². The van der Waals surface area contributed by atoms with E-state index in [-0.39, 0.29) is 28.8 Å². The van der Waals surface area contributed by atoms with Crippen LogP contribution in [0.2, 0.25) is 18.1 Å². The van der Waals surface area contributed by atoms with Crippen LogP contribution >= 0.6 is 6.89 Å². The molecule has 0 spiro atoms. The second-order valence-electron chi connectivity index (χ2n) is 16.1. The van der Waals surface area contributed by atoms with E-state index in [0.29, 0.717) is 12.8 Å². The fourth-order valence-corrected chi connectivity index (χ4v) is 13.8. The number of hydrogen-bond acceptors (Lipinski definition) is 5. The Labute approximate surface area is 328 Å². The predicted molar refractivity (Wildman–Crippen MR) is 230 cm³/mol. The average Bonchev–Trinajstić information content (AvgIpc) is 3.18. The summed E-state index contributed by atoms with van der Waals surface area (Å²) in [5, 5.41) is 2.60. The van der Waals surface area contributed by atoms with Crippen molar-refractivity contribution in [2.24, 2.45) is 11.8 Å². The lowest BCUT2D eigenvalue weighted by Gasteiger charge is -2.55. The van der Waals surface area contributed by atoms with Gasteiger partial charge in [-0.2, -0.15) is 0 Å². The second kappa shape index (κ2) is 16.7. The Hall–Kier alpha value is -4.55. The molecule has 4 atom stereocenters. The number of carbonyl (C=O) groups is 3. The van der Waals surface area contributed by atoms with E-state index in [1.807, 2.05) is 134 Å². The number of benzene rings is 4. The van der Waals surface area contributed by atoms with Crippen LogP contribution in [0.3, 0.4) is 0 Å². The summed E-state index contributed by atoms with van der Waals surface area (Å²) in [5.41, 5.74) is 1.97. The molecule has 1 aliphatic carbocycles. The molecule has 2 fully saturated rings. The highest BCUT2D eigenvalue weighted by molar-refractivity contribution is 7.96. The normalized spacial score (nSPS) is 20.4. The summed E-state index contributed by atoms with van der Waals surface area (Å²) < 4.78 is 13.0. The van der Waals surface area contributed by atoms with E-state index in [0.717, 1.165) is 33.5 Å². The monoisotopic (exact) mass is 771 g/mol. The standard InChI is InChI=1S/C47H54NO5PSi/c1-8-32-52-46(51)45(54(37-25-15-10-16-26-37,38-27-17-11-18-28-38)39-29-19-12-20-30-39)48-42(41(44(48)50)34(2)53-55(6,7)47(3,4)5)40-31-21-24-36(43(40)49)33-35-22-13-9-14-23-35/h8-20,22-23,25-30,33-34,40-42H,1,21,24,31-32H2,2-7H3/b36-33+/t34-,40-,41-,42-/m1/s1. The molecule has 1 amide bonds. The highest BCUT2D eigenvalue weighted by Crippen LogP contribution is 2.52. The lowest BCUT2D eigenvalue weighted by Crippen LogP contribution is -2.72. The summed E-state index contributed by atoms with van der Waals surface area (Å²) in [6.45, 7) is 13.5. The fraction of sp³-hybridized carbons (Fsp3) is 0.319. The molecule has 8 heteroatoms. The van der Waals surface area contributed by atoms with E-state index in [1.165, 1.54) is 0 Å². The Bertz CT molecular complexity index is 1990. The number of ether oxygens (including phenoxy) is 1. The SMILES string of the molecule is C=CCOC(=O)C(N1C(=O)[C@H]([C@@H](C)O[Si](C)(C)C(C)(C)C)[C@H]1[C@H]1CCC/C(=C\c2ccccc2)C1=O)=P(c1ccccc1)(c1ccccc1)c1ccccc1. The van der Waals surface area contributed by atoms with Crippen LogP contribution in [0.4, 0.5) is 0 Å². The van der Waals surface area contributed by atoms with E-state index in [1.54, 1.807) is 11.0 Å². The molecule has 1 aliphatic heterocycles. The number of allylic oxidation sites excluding steroid dienone is 1. The lowest BCUT2D eigenvalue weighted by atomic mass is 9.69. The van der Waals surface area contributed by atoms with Crippen LogP contribution in [-0.4, -0.2) is 55.0 Å². The number of likely N-dealkylation sites (tertiary alicyclic amines) is 1. The van der Waals surface area contributed by atoms with Crippen molar-refractivity contribution in [1.82, 2.24) is 4.90 Å². The van der Waals surface area contributed by atoms with Crippen molar-refractivity contribution in [2.75, 3.05) is 6.61 Å². The number of hydrogen-bond donors (Lipinski definition) is 0. The number of carbonyl (C=O) groups excluding carboxylic acids is 3. The molecule has 4 aromatic carbocycles. The predicted octanol–water partition coefficient (Wildman–Crippen LogP) is 8.53. The Balaban J connectivity index is 1.66. The number of amides is 1. The topological polar surface area (TPSA) is 72.9 Å². The number of esters is 1. The average molecular weight is 772 g/mol. The van der Waals surface area contributed by atoms with Gasteiger partial charge in [0.05, 0.1) is 18.1 Å². The maximum Gasteiger partial charge on any atom is 0.356 e. The molecule has 0 radical (unpaired) electrons. The van der Waals surface area contributed by atoms with Crippen molar-refractivity contribution in [2.45, 2.75) is 77.2 Å². The Kier molecular flexibility index (Phi) is 12.2. The number of β-lactam (4-membered cyclic amide) rings is 1. The molecule has 1 heterocycles.